The van der Waals surface area contributed by atoms with Gasteiger partial charge in [0.25, 0.3) is 0 Å². The number of nitrogens with one attached hydrogen (secondary N) is 1. The van der Waals surface area contributed by atoms with Crippen LogP contribution in [0.5, 0.6) is 0 Å². The molecule has 2 nitrogen and oxygen atoms in total. The summed E-state index contributed by atoms with van der Waals surface area (Å²) in [4.78, 5) is 0. The molecule has 96 valence electrons. The van der Waals surface area contributed by atoms with Gasteiger partial charge in [0.1, 0.15) is 6.04 Å². The Hall–Kier alpha value is -1.40. The quantitative estimate of drug-likeness (QED) is 0.832. The molecule has 19 heavy (non-hydrogen) atoms. The minimum Gasteiger partial charge on any atom is -0.366 e. The first kappa shape index (κ1) is 14.0. The minimum absolute atomic E-state index is 0.428. The van der Waals surface area contributed by atoms with Crippen LogP contribution in [0.15, 0.2) is 42.5 Å². The molecule has 0 aliphatic heterocycles. The van der Waals surface area contributed by atoms with Crippen molar-refractivity contribution < 1.29 is 0 Å². The Morgan fingerprint density at radius 1 is 0.947 bits per heavy atom. The van der Waals surface area contributed by atoms with Crippen LogP contribution in [0.2, 0.25) is 15.1 Å². The molecule has 2 aromatic carbocycles. The summed E-state index contributed by atoms with van der Waals surface area (Å²) < 4.78 is 0. The largest absolute Gasteiger partial charge is 0.366 e. The third-order valence-corrected chi connectivity index (χ3v) is 3.55. The van der Waals surface area contributed by atoms with Gasteiger partial charge in [0, 0.05) is 10.7 Å². The summed E-state index contributed by atoms with van der Waals surface area (Å²) in [6.45, 7) is 0. The smallest absolute Gasteiger partial charge is 0.140 e. The third kappa shape index (κ3) is 3.54. The molecule has 0 amide bonds. The van der Waals surface area contributed by atoms with Gasteiger partial charge in [0.2, 0.25) is 0 Å². The van der Waals surface area contributed by atoms with Gasteiger partial charge in [-0.15, -0.1) is 0 Å². The molecule has 0 bridgehead atoms. The molecule has 5 heteroatoms. The molecule has 0 aliphatic rings. The monoisotopic (exact) mass is 310 g/mol. The summed E-state index contributed by atoms with van der Waals surface area (Å²) in [7, 11) is 0. The normalized spacial score (nSPS) is 11.7. The predicted octanol–water partition coefficient (Wildman–Crippen LogP) is 5.32. The van der Waals surface area contributed by atoms with Gasteiger partial charge in [0.05, 0.1) is 16.1 Å². The van der Waals surface area contributed by atoms with E-state index in [1.807, 2.05) is 12.1 Å². The first-order chi connectivity index (χ1) is 9.10. The van der Waals surface area contributed by atoms with Crippen LogP contribution in [0.25, 0.3) is 0 Å². The SMILES string of the molecule is N#CC(Nc1ccc(Cl)cc1)c1ccc(Cl)c(Cl)c1. The van der Waals surface area contributed by atoms with E-state index in [1.54, 1.807) is 30.3 Å². The van der Waals surface area contributed by atoms with Gasteiger partial charge in [-0.2, -0.15) is 5.26 Å². The molecular weight excluding hydrogens is 303 g/mol. The van der Waals surface area contributed by atoms with Crippen LogP contribution >= 0.6 is 34.8 Å². The topological polar surface area (TPSA) is 35.8 Å². The van der Waals surface area contributed by atoms with Crippen LogP contribution in [0, 0.1) is 11.3 Å². The van der Waals surface area contributed by atoms with E-state index in [-0.39, 0.29) is 0 Å². The van der Waals surface area contributed by atoms with Crippen molar-refractivity contribution in [2.24, 2.45) is 0 Å². The van der Waals surface area contributed by atoms with Crippen LogP contribution in [0.4, 0.5) is 5.69 Å². The van der Waals surface area contributed by atoms with Gasteiger partial charge >= 0.3 is 0 Å². The number of nitrogens with zero attached hydrogens (tertiary/aromatic N) is 1. The number of halogens is 3. The second-order valence-corrected chi connectivity index (χ2v) is 5.14. The van der Waals surface area contributed by atoms with E-state index in [9.17, 15) is 5.26 Å². The minimum atomic E-state index is -0.504. The van der Waals surface area contributed by atoms with Crippen molar-refractivity contribution in [2.75, 3.05) is 5.32 Å². The highest BCUT2D eigenvalue weighted by Crippen LogP contribution is 2.27. The maximum Gasteiger partial charge on any atom is 0.140 e. The van der Waals surface area contributed by atoms with E-state index >= 15 is 0 Å². The van der Waals surface area contributed by atoms with Gasteiger partial charge in [-0.1, -0.05) is 40.9 Å². The average molecular weight is 312 g/mol. The lowest BCUT2D eigenvalue weighted by atomic mass is 10.1. The van der Waals surface area contributed by atoms with E-state index in [0.717, 1.165) is 11.3 Å². The molecular formula is C14H9Cl3N2. The van der Waals surface area contributed by atoms with Crippen LogP contribution in [-0.2, 0) is 0 Å². The van der Waals surface area contributed by atoms with Crippen molar-refractivity contribution in [3.8, 4) is 6.07 Å². The van der Waals surface area contributed by atoms with E-state index in [4.69, 9.17) is 34.8 Å². The number of hydrogen-bond donors (Lipinski definition) is 1. The molecule has 0 saturated heterocycles. The van der Waals surface area contributed by atoms with Gasteiger partial charge in [-0.3, -0.25) is 0 Å². The Morgan fingerprint density at radius 3 is 2.21 bits per heavy atom. The first-order valence-electron chi connectivity index (χ1n) is 5.47. The molecule has 0 fully saturated rings. The summed E-state index contributed by atoms with van der Waals surface area (Å²) >= 11 is 17.6. The highest BCUT2D eigenvalue weighted by atomic mass is 35.5. The molecule has 2 rings (SSSR count). The molecule has 0 spiro atoms. The standard InChI is InChI=1S/C14H9Cl3N2/c15-10-2-4-11(5-3-10)19-14(8-18)9-1-6-12(16)13(17)7-9/h1-7,14,19H. The number of hydrogen-bond acceptors (Lipinski definition) is 2. The second kappa shape index (κ2) is 6.16. The highest BCUT2D eigenvalue weighted by Gasteiger charge is 2.11. The van der Waals surface area contributed by atoms with E-state index in [1.165, 1.54) is 0 Å². The Balaban J connectivity index is 2.23. The lowest BCUT2D eigenvalue weighted by Gasteiger charge is -2.14. The maximum atomic E-state index is 9.24. The van der Waals surface area contributed by atoms with Gasteiger partial charge in [-0.05, 0) is 42.0 Å². The first-order valence-corrected chi connectivity index (χ1v) is 6.60. The van der Waals surface area contributed by atoms with E-state index in [2.05, 4.69) is 11.4 Å². The van der Waals surface area contributed by atoms with Crippen molar-refractivity contribution in [1.82, 2.24) is 0 Å². The lowest BCUT2D eigenvalue weighted by Crippen LogP contribution is -2.08. The maximum absolute atomic E-state index is 9.24. The number of nitriles is 1. The highest BCUT2D eigenvalue weighted by molar-refractivity contribution is 6.42. The second-order valence-electron chi connectivity index (χ2n) is 3.89. The van der Waals surface area contributed by atoms with E-state index in [0.29, 0.717) is 15.1 Å². The fourth-order valence-corrected chi connectivity index (χ4v) is 2.03. The summed E-state index contributed by atoms with van der Waals surface area (Å²) in [5, 5.41) is 13.9. The summed E-state index contributed by atoms with van der Waals surface area (Å²) in [5.41, 5.74) is 1.56. The summed E-state index contributed by atoms with van der Waals surface area (Å²) in [5.74, 6) is 0. The summed E-state index contributed by atoms with van der Waals surface area (Å²) in [6, 6.07) is 13.9. The molecule has 1 N–H and O–H groups in total. The van der Waals surface area contributed by atoms with Crippen molar-refractivity contribution in [2.45, 2.75) is 6.04 Å². The van der Waals surface area contributed by atoms with Crippen molar-refractivity contribution in [3.63, 3.8) is 0 Å². The molecule has 2 aromatic rings. The molecule has 0 aliphatic carbocycles. The predicted molar refractivity (Wildman–Crippen MR) is 79.9 cm³/mol. The zero-order valence-corrected chi connectivity index (χ0v) is 12.0. The van der Waals surface area contributed by atoms with E-state index < -0.39 is 6.04 Å². The zero-order chi connectivity index (χ0) is 13.8. The number of rotatable bonds is 3. The number of anilines is 1. The van der Waals surface area contributed by atoms with Crippen molar-refractivity contribution in [1.29, 1.82) is 5.26 Å². The fourth-order valence-electron chi connectivity index (χ4n) is 1.59. The van der Waals surface area contributed by atoms with Gasteiger partial charge in [0.15, 0.2) is 0 Å². The Bertz CT molecular complexity index is 618. The van der Waals surface area contributed by atoms with Crippen molar-refractivity contribution >= 4 is 40.5 Å². The summed E-state index contributed by atoms with van der Waals surface area (Å²) in [6.07, 6.45) is 0. The fraction of sp³-hybridized carbons (Fsp3) is 0.0714. The number of benzene rings is 2. The molecule has 0 aromatic heterocycles. The Labute approximate surface area is 126 Å². The molecule has 0 heterocycles. The Morgan fingerprint density at radius 2 is 1.63 bits per heavy atom. The van der Waals surface area contributed by atoms with Crippen LogP contribution < -0.4 is 5.32 Å². The van der Waals surface area contributed by atoms with Gasteiger partial charge in [-0.25, -0.2) is 0 Å². The third-order valence-electron chi connectivity index (χ3n) is 2.56. The Kier molecular flexibility index (Phi) is 4.55. The lowest BCUT2D eigenvalue weighted by molar-refractivity contribution is 0.998. The van der Waals surface area contributed by atoms with Gasteiger partial charge < -0.3 is 5.32 Å². The van der Waals surface area contributed by atoms with Crippen LogP contribution in [-0.4, -0.2) is 0 Å². The molecule has 1 unspecified atom stereocenters. The average Bonchev–Trinajstić information content (AvgIpc) is 2.41. The molecule has 1 atom stereocenters. The van der Waals surface area contributed by atoms with Crippen LogP contribution in [0.1, 0.15) is 11.6 Å². The molecule has 0 radical (unpaired) electrons. The molecule has 0 saturated carbocycles. The zero-order valence-electron chi connectivity index (χ0n) is 9.70. The van der Waals surface area contributed by atoms with Crippen molar-refractivity contribution in [3.05, 3.63) is 63.1 Å². The van der Waals surface area contributed by atoms with Crippen LogP contribution in [0.3, 0.4) is 0 Å².